The molecule has 6 nitrogen and oxygen atoms in total. The van der Waals surface area contributed by atoms with Gasteiger partial charge in [-0.2, -0.15) is 0 Å². The smallest absolute Gasteiger partial charge is 0.323 e. The highest BCUT2D eigenvalue weighted by Gasteiger charge is 2.25. The third-order valence-corrected chi connectivity index (χ3v) is 7.92. The molecule has 2 unspecified atom stereocenters. The fraction of sp³-hybridized carbons (Fsp3) is 0.412. The van der Waals surface area contributed by atoms with E-state index >= 15 is 0 Å². The van der Waals surface area contributed by atoms with Crippen molar-refractivity contribution in [2.75, 3.05) is 28.7 Å². The molecule has 0 saturated carbocycles. The van der Waals surface area contributed by atoms with Gasteiger partial charge in [-0.05, 0) is 98.9 Å². The van der Waals surface area contributed by atoms with Crippen molar-refractivity contribution >= 4 is 29.1 Å². The van der Waals surface area contributed by atoms with Crippen LogP contribution in [0.25, 0.3) is 0 Å². The third-order valence-electron chi connectivity index (χ3n) is 7.92. The van der Waals surface area contributed by atoms with E-state index in [9.17, 15) is 9.59 Å². The fourth-order valence-electron chi connectivity index (χ4n) is 5.70. The van der Waals surface area contributed by atoms with Crippen LogP contribution in [0.4, 0.5) is 21.9 Å². The number of anilines is 3. The molecule has 0 fully saturated rings. The quantitative estimate of drug-likeness (QED) is 0.259. The van der Waals surface area contributed by atoms with Gasteiger partial charge < -0.3 is 20.3 Å². The first-order valence-corrected chi connectivity index (χ1v) is 14.7. The van der Waals surface area contributed by atoms with E-state index in [4.69, 9.17) is 4.74 Å². The Morgan fingerprint density at radius 1 is 0.850 bits per heavy atom. The Morgan fingerprint density at radius 3 is 2.12 bits per heavy atom. The van der Waals surface area contributed by atoms with E-state index in [2.05, 4.69) is 65.8 Å². The van der Waals surface area contributed by atoms with Gasteiger partial charge in [-0.25, -0.2) is 4.79 Å². The number of carbonyl (C=O) groups is 2. The lowest BCUT2D eigenvalue weighted by Gasteiger charge is -2.38. The third kappa shape index (κ3) is 8.10. The largest absolute Gasteiger partial charge is 0.466 e. The molecule has 1 heterocycles. The minimum atomic E-state index is -0.303. The van der Waals surface area contributed by atoms with Crippen LogP contribution < -0.4 is 15.5 Å². The first-order chi connectivity index (χ1) is 19.5. The van der Waals surface area contributed by atoms with Crippen LogP contribution >= 0.6 is 0 Å². The number of hydrogen-bond acceptors (Lipinski definition) is 4. The zero-order valence-corrected chi connectivity index (χ0v) is 24.1. The number of urea groups is 1. The highest BCUT2D eigenvalue weighted by atomic mass is 16.5. The summed E-state index contributed by atoms with van der Waals surface area (Å²) in [7, 11) is 0. The summed E-state index contributed by atoms with van der Waals surface area (Å²) < 4.78 is 4.98. The second-order valence-corrected chi connectivity index (χ2v) is 10.6. The maximum Gasteiger partial charge on any atom is 0.323 e. The minimum absolute atomic E-state index is 0.219. The lowest BCUT2D eigenvalue weighted by atomic mass is 9.86. The van der Waals surface area contributed by atoms with Crippen LogP contribution in [0.2, 0.25) is 0 Å². The number of carbonyl (C=O) groups excluding carboxylic acids is 2. The molecule has 0 spiro atoms. The summed E-state index contributed by atoms with van der Waals surface area (Å²) in [6, 6.07) is 24.5. The van der Waals surface area contributed by atoms with Crippen LogP contribution in [0.3, 0.4) is 0 Å². The Bertz CT molecular complexity index is 1240. The summed E-state index contributed by atoms with van der Waals surface area (Å²) in [5, 5.41) is 5.75. The van der Waals surface area contributed by atoms with Crippen molar-refractivity contribution in [3.63, 3.8) is 0 Å². The van der Waals surface area contributed by atoms with Crippen LogP contribution in [0.15, 0.2) is 72.8 Å². The van der Waals surface area contributed by atoms with Crippen molar-refractivity contribution in [2.24, 2.45) is 5.92 Å². The molecule has 0 radical (unpaired) electrons. The number of rotatable bonds is 10. The summed E-state index contributed by atoms with van der Waals surface area (Å²) in [6.07, 6.45) is 7.25. The number of amides is 2. The zero-order chi connectivity index (χ0) is 28.3. The van der Waals surface area contributed by atoms with Crippen LogP contribution in [0.1, 0.15) is 63.1 Å². The molecule has 3 aromatic carbocycles. The Balaban J connectivity index is 1.31. The van der Waals surface area contributed by atoms with Gasteiger partial charge in [0.15, 0.2) is 0 Å². The van der Waals surface area contributed by atoms with Crippen LogP contribution in [0, 0.1) is 5.92 Å². The van der Waals surface area contributed by atoms with Gasteiger partial charge in [0.25, 0.3) is 0 Å². The van der Waals surface area contributed by atoms with Crippen LogP contribution in [0.5, 0.6) is 0 Å². The van der Waals surface area contributed by atoms with Gasteiger partial charge in [0.05, 0.1) is 13.0 Å². The summed E-state index contributed by atoms with van der Waals surface area (Å²) in [6.45, 7) is 7.77. The fourth-order valence-corrected chi connectivity index (χ4v) is 5.70. The highest BCUT2D eigenvalue weighted by Crippen LogP contribution is 2.33. The monoisotopic (exact) mass is 541 g/mol. The molecule has 0 aromatic heterocycles. The number of esters is 1. The van der Waals surface area contributed by atoms with Crippen molar-refractivity contribution in [2.45, 2.75) is 71.8 Å². The number of aryl methyl sites for hydroxylation is 1. The first kappa shape index (κ1) is 29.2. The standard InChI is InChI=1S/C34H43N3O3/c1-4-25-15-21-31(37(5-2)32-10-8-7-9-28(32)23-25)22-16-26-11-17-29(18-12-26)35-34(39)36-30-19-13-27(14-20-30)24-33(38)40-6-3/h7-14,17-20,25,31H,4-6,15-16,21-24H2,1-3H3,(H2,35,36,39). The van der Waals surface area contributed by atoms with E-state index in [1.807, 2.05) is 24.3 Å². The van der Waals surface area contributed by atoms with Crippen LogP contribution in [-0.2, 0) is 28.8 Å². The number of para-hydroxylation sites is 1. The first-order valence-electron chi connectivity index (χ1n) is 14.7. The van der Waals surface area contributed by atoms with Gasteiger partial charge in [-0.3, -0.25) is 4.79 Å². The number of benzene rings is 3. The molecule has 0 saturated heterocycles. The van der Waals surface area contributed by atoms with Gasteiger partial charge in [-0.1, -0.05) is 55.8 Å². The Morgan fingerprint density at radius 2 is 1.50 bits per heavy atom. The predicted molar refractivity (Wildman–Crippen MR) is 164 cm³/mol. The molecule has 1 aliphatic heterocycles. The molecule has 6 heteroatoms. The summed E-state index contributed by atoms with van der Waals surface area (Å²) >= 11 is 0. The zero-order valence-electron chi connectivity index (χ0n) is 24.1. The Labute approximate surface area is 239 Å². The lowest BCUT2D eigenvalue weighted by Crippen LogP contribution is -2.38. The predicted octanol–water partition coefficient (Wildman–Crippen LogP) is 7.63. The van der Waals surface area contributed by atoms with Gasteiger partial charge in [0.1, 0.15) is 0 Å². The Kier molecular flexibility index (Phi) is 10.6. The molecule has 1 aliphatic rings. The Hall–Kier alpha value is -3.80. The van der Waals surface area contributed by atoms with Gasteiger partial charge in [-0.15, -0.1) is 0 Å². The molecule has 3 aromatic rings. The average Bonchev–Trinajstić information content (AvgIpc) is 2.95. The minimum Gasteiger partial charge on any atom is -0.466 e. The maximum atomic E-state index is 12.5. The molecule has 0 aliphatic carbocycles. The summed E-state index contributed by atoms with van der Waals surface area (Å²) in [4.78, 5) is 26.8. The maximum absolute atomic E-state index is 12.5. The topological polar surface area (TPSA) is 70.7 Å². The molecule has 2 N–H and O–H groups in total. The summed E-state index contributed by atoms with van der Waals surface area (Å²) in [5.74, 6) is 0.494. The number of fused-ring (bicyclic) bond motifs is 1. The van der Waals surface area contributed by atoms with Crippen molar-refractivity contribution in [1.29, 1.82) is 0 Å². The van der Waals surface area contributed by atoms with E-state index in [0.29, 0.717) is 18.3 Å². The number of hydrogen-bond donors (Lipinski definition) is 2. The second kappa shape index (κ2) is 14.5. The van der Waals surface area contributed by atoms with Crippen LogP contribution in [-0.4, -0.2) is 31.2 Å². The molecule has 0 bridgehead atoms. The number of ether oxygens (including phenoxy) is 1. The molecule has 2 amide bonds. The number of nitrogens with one attached hydrogen (secondary N) is 2. The average molecular weight is 542 g/mol. The van der Waals surface area contributed by atoms with Crippen molar-refractivity contribution in [1.82, 2.24) is 0 Å². The van der Waals surface area contributed by atoms with Crippen molar-refractivity contribution in [3.8, 4) is 0 Å². The van der Waals surface area contributed by atoms with E-state index in [-0.39, 0.29) is 18.4 Å². The lowest BCUT2D eigenvalue weighted by molar-refractivity contribution is -0.142. The molecule has 212 valence electrons. The van der Waals surface area contributed by atoms with Gasteiger partial charge >= 0.3 is 12.0 Å². The van der Waals surface area contributed by atoms with Crippen molar-refractivity contribution < 1.29 is 14.3 Å². The molecular weight excluding hydrogens is 498 g/mol. The molecule has 40 heavy (non-hydrogen) atoms. The van der Waals surface area contributed by atoms with Gasteiger partial charge in [0.2, 0.25) is 0 Å². The number of nitrogens with zero attached hydrogens (tertiary/aromatic N) is 1. The normalized spacial score (nSPS) is 16.8. The van der Waals surface area contributed by atoms with E-state index < -0.39 is 0 Å². The SMILES string of the molecule is CCOC(=O)Cc1ccc(NC(=O)Nc2ccc(CCC3CCC(CC)Cc4ccccc4N3CC)cc2)cc1. The van der Waals surface area contributed by atoms with E-state index in [0.717, 1.165) is 36.6 Å². The molecular formula is C34H43N3O3. The van der Waals surface area contributed by atoms with E-state index in [1.165, 1.54) is 42.5 Å². The molecule has 2 atom stereocenters. The molecule has 4 rings (SSSR count). The van der Waals surface area contributed by atoms with Gasteiger partial charge in [0, 0.05) is 29.6 Å². The highest BCUT2D eigenvalue weighted by molar-refractivity contribution is 5.99. The van der Waals surface area contributed by atoms with E-state index in [1.54, 1.807) is 19.1 Å². The second-order valence-electron chi connectivity index (χ2n) is 10.6. The van der Waals surface area contributed by atoms with Crippen molar-refractivity contribution in [3.05, 3.63) is 89.5 Å². The summed E-state index contributed by atoms with van der Waals surface area (Å²) in [5.41, 5.74) is 6.43.